The molecule has 0 aromatic rings. The number of hydrogen-bond donors (Lipinski definition) is 4. The zero-order valence-corrected chi connectivity index (χ0v) is 75.4. The smallest absolute Gasteiger partial charge is 0.463 e. The third-order valence-electron chi connectivity index (χ3n) is 19.1. The summed E-state index contributed by atoms with van der Waals surface area (Å²) < 4.78 is 61.5. The van der Waals surface area contributed by atoms with E-state index in [0.29, 0.717) is 19.3 Å². The molecular weight excluding hydrogens is 1510 g/mol. The zero-order chi connectivity index (χ0) is 85.1. The largest absolute Gasteiger partial charge is 0.472 e. The van der Waals surface area contributed by atoms with Crippen LogP contribution in [0.5, 0.6) is 0 Å². The van der Waals surface area contributed by atoms with E-state index in [9.17, 15) is 43.5 Å². The summed E-state index contributed by atoms with van der Waals surface area (Å²) in [6.45, 7) is 2.42. The number of phosphoric acid groups is 2. The molecule has 0 spiro atoms. The maximum Gasteiger partial charge on any atom is 0.472 e. The second kappa shape index (κ2) is 89.9. The summed E-state index contributed by atoms with van der Waals surface area (Å²) in [5.41, 5.74) is 0. The molecule has 0 aromatic carbocycles. The summed E-state index contributed by atoms with van der Waals surface area (Å²) in [6.07, 6.45) is 118. The van der Waals surface area contributed by atoms with Crippen molar-refractivity contribution in [3.05, 3.63) is 182 Å². The van der Waals surface area contributed by atoms with Gasteiger partial charge in [-0.05, 0) is 161 Å². The molecule has 0 aliphatic rings. The van der Waals surface area contributed by atoms with Crippen molar-refractivity contribution in [3.8, 4) is 0 Å². The van der Waals surface area contributed by atoms with Gasteiger partial charge in [0.05, 0.1) is 26.4 Å². The summed E-state index contributed by atoms with van der Waals surface area (Å²) in [6, 6.07) is 0. The molecule has 0 fully saturated rings. The highest BCUT2D eigenvalue weighted by Crippen LogP contribution is 2.45. The number of unbranched alkanes of at least 4 members (excludes halogenated alkanes) is 33. The minimum Gasteiger partial charge on any atom is -0.463 e. The van der Waals surface area contributed by atoms with Crippen LogP contribution in [0.4, 0.5) is 0 Å². The lowest BCUT2D eigenvalue weighted by atomic mass is 10.0. The Morgan fingerprint density at radius 1 is 0.248 bits per heavy atom. The summed E-state index contributed by atoms with van der Waals surface area (Å²) in [5.74, 6) is -1.61. The van der Waals surface area contributed by atoms with Gasteiger partial charge in [-0.15, -0.1) is 0 Å². The first-order valence-corrected chi connectivity index (χ1v) is 49.1. The molecule has 0 aliphatic carbocycles. The number of esters is 3. The van der Waals surface area contributed by atoms with E-state index in [1.165, 1.54) is 141 Å². The van der Waals surface area contributed by atoms with Gasteiger partial charge in [0.2, 0.25) is 0 Å². The Kier molecular flexibility index (Phi) is 85.8. The van der Waals surface area contributed by atoms with Crippen LogP contribution in [0.3, 0.4) is 0 Å². The molecule has 0 bridgehead atoms. The van der Waals surface area contributed by atoms with Crippen LogP contribution in [0, 0.1) is 0 Å². The minimum absolute atomic E-state index is 0.0676. The molecule has 0 heterocycles. The number of phosphoric ester groups is 2. The first-order valence-electron chi connectivity index (χ1n) is 46.1. The highest BCUT2D eigenvalue weighted by Gasteiger charge is 2.29. The second-order valence-corrected chi connectivity index (χ2v) is 33.2. The lowest BCUT2D eigenvalue weighted by Gasteiger charge is -2.21. The van der Waals surface area contributed by atoms with Crippen LogP contribution in [0.25, 0.3) is 0 Å². The summed E-state index contributed by atoms with van der Waals surface area (Å²) in [5, 5.41) is 20.7. The molecule has 0 saturated carbocycles. The molecule has 117 heavy (non-hydrogen) atoms. The second-order valence-electron chi connectivity index (χ2n) is 30.3. The first-order chi connectivity index (χ1) is 57.2. The van der Waals surface area contributed by atoms with E-state index < -0.39 is 91.5 Å². The van der Waals surface area contributed by atoms with E-state index in [-0.39, 0.29) is 19.3 Å². The fourth-order valence-corrected chi connectivity index (χ4v) is 13.8. The van der Waals surface area contributed by atoms with Crippen LogP contribution in [-0.2, 0) is 55.8 Å². The van der Waals surface area contributed by atoms with Gasteiger partial charge in [0, 0.05) is 19.3 Å². The Bertz CT molecular complexity index is 2860. The number of aliphatic hydroxyl groups is 2. The maximum absolute atomic E-state index is 13.1. The molecule has 0 rings (SSSR count). The fraction of sp³-hybridized carbons (Fsp3) is 0.667. The third-order valence-corrected chi connectivity index (χ3v) is 21.0. The molecule has 5 atom stereocenters. The van der Waals surface area contributed by atoms with Crippen molar-refractivity contribution in [1.82, 2.24) is 0 Å². The minimum atomic E-state index is -4.96. The topological polar surface area (TPSA) is 231 Å². The van der Waals surface area contributed by atoms with E-state index in [4.69, 9.17) is 32.3 Å². The van der Waals surface area contributed by atoms with Crippen molar-refractivity contribution in [3.63, 3.8) is 0 Å². The SMILES string of the molecule is CC/C=C\C/C=C\C/C=C\C/C=C\C/C=C\C/C=C\CCCCCCC(=O)OC(COC(=O)CCCCCCCCCCC/C=C\C/C=C\C/C=C\C/C=C\CCCCC)COP(=O)(O)OCC(O)COP(=O)(O)OCC(O)COC(=O)CCCCCCCCCCCCCCCCCCC/C=C\C/C=C\C/C=C\C/C=C\C/C=C\CC. The number of carbonyl (C=O) groups is 3. The summed E-state index contributed by atoms with van der Waals surface area (Å²) in [7, 11) is -9.83. The number of aliphatic hydroxyl groups excluding tert-OH is 2. The Balaban J connectivity index is 4.61. The van der Waals surface area contributed by atoms with Gasteiger partial charge in [0.15, 0.2) is 6.10 Å². The lowest BCUT2D eigenvalue weighted by molar-refractivity contribution is -0.161. The Labute approximate surface area is 713 Å². The molecule has 0 saturated heterocycles. The van der Waals surface area contributed by atoms with Crippen molar-refractivity contribution < 1.29 is 75.8 Å². The molecule has 4 N–H and O–H groups in total. The van der Waals surface area contributed by atoms with Crippen molar-refractivity contribution in [1.29, 1.82) is 0 Å². The predicted molar refractivity (Wildman–Crippen MR) is 491 cm³/mol. The number of allylic oxidation sites excluding steroid dienone is 30. The molecule has 0 aromatic heterocycles. The van der Waals surface area contributed by atoms with Crippen molar-refractivity contribution in [2.45, 2.75) is 386 Å². The molecule has 16 nitrogen and oxygen atoms in total. The number of carbonyl (C=O) groups excluding carboxylic acids is 3. The average molecular weight is 1670 g/mol. The van der Waals surface area contributed by atoms with E-state index in [1.54, 1.807) is 0 Å². The van der Waals surface area contributed by atoms with Crippen LogP contribution < -0.4 is 0 Å². The van der Waals surface area contributed by atoms with Crippen molar-refractivity contribution >= 4 is 33.6 Å². The van der Waals surface area contributed by atoms with Crippen LogP contribution in [0.1, 0.15) is 367 Å². The monoisotopic (exact) mass is 1670 g/mol. The van der Waals surface area contributed by atoms with Crippen molar-refractivity contribution in [2.24, 2.45) is 0 Å². The summed E-state index contributed by atoms with van der Waals surface area (Å²) in [4.78, 5) is 59.0. The molecule has 18 heteroatoms. The van der Waals surface area contributed by atoms with Crippen molar-refractivity contribution in [2.75, 3.05) is 39.6 Å². The number of rotatable bonds is 86. The molecule has 5 unspecified atom stereocenters. The molecule has 0 aliphatic heterocycles. The standard InChI is InChI=1S/C99H166O16P2/c1-4-7-10-13-16-19-22-25-28-31-34-37-40-42-43-44-45-46-47-48-49-51-54-55-58-61-64-67-70-73-76-79-82-85-97(102)109-88-94(100)89-111-116(105,106)112-90-95(101)91-113-117(107,108)114-93-96(115-99(104)87-84-81-78-75-72-69-66-63-60-57-52-39-36-33-30-27-24-21-18-15-12-9-6-3)92-110-98(103)86-83-80-77-74-71-68-65-62-59-56-53-50-41-38-35-32-29-26-23-20-17-14-11-8-5-2/h7,9-10,12,16-21,25-30,34-39,42-43,50,53,57,60,66,69,94-96,100-101H,4-6,8,11,13-15,22-24,31-33,40-41,44-49,51-52,54-56,58-59,61-65,67-68,70-93H2,1-3H3,(H,105,106)(H,107,108)/b10-7-,12-9-,19-16-,20-17-,21-18-,28-25-,29-26-,30-27-,37-34-,38-35-,39-36-,43-42-,53-50-,60-57-,69-66-. The van der Waals surface area contributed by atoms with Gasteiger partial charge in [-0.3, -0.25) is 32.5 Å². The van der Waals surface area contributed by atoms with Gasteiger partial charge in [0.1, 0.15) is 25.4 Å². The van der Waals surface area contributed by atoms with E-state index in [2.05, 4.69) is 203 Å². The Morgan fingerprint density at radius 2 is 0.453 bits per heavy atom. The Morgan fingerprint density at radius 3 is 0.718 bits per heavy atom. The van der Waals surface area contributed by atoms with Gasteiger partial charge in [-0.1, -0.05) is 370 Å². The highest BCUT2D eigenvalue weighted by atomic mass is 31.2. The quantitative estimate of drug-likeness (QED) is 0.0146. The van der Waals surface area contributed by atoms with E-state index in [0.717, 1.165) is 167 Å². The normalized spacial score (nSPS) is 14.6. The van der Waals surface area contributed by atoms with E-state index in [1.807, 2.05) is 0 Å². The van der Waals surface area contributed by atoms with E-state index >= 15 is 0 Å². The van der Waals surface area contributed by atoms with Gasteiger partial charge in [0.25, 0.3) is 0 Å². The fourth-order valence-electron chi connectivity index (χ4n) is 12.2. The van der Waals surface area contributed by atoms with Gasteiger partial charge in [-0.2, -0.15) is 0 Å². The number of hydrogen-bond acceptors (Lipinski definition) is 14. The summed E-state index contributed by atoms with van der Waals surface area (Å²) >= 11 is 0. The predicted octanol–water partition coefficient (Wildman–Crippen LogP) is 28.4. The van der Waals surface area contributed by atoms with Crippen LogP contribution in [0.2, 0.25) is 0 Å². The van der Waals surface area contributed by atoms with Gasteiger partial charge in [-0.25, -0.2) is 9.13 Å². The maximum atomic E-state index is 13.1. The van der Waals surface area contributed by atoms with Crippen LogP contribution in [0.15, 0.2) is 182 Å². The van der Waals surface area contributed by atoms with Gasteiger partial charge < -0.3 is 34.2 Å². The van der Waals surface area contributed by atoms with Crippen LogP contribution in [-0.4, -0.2) is 95.9 Å². The first kappa shape index (κ1) is 112. The Hall–Kier alpha value is -5.35. The molecular formula is C99H166O16P2. The van der Waals surface area contributed by atoms with Gasteiger partial charge >= 0.3 is 33.6 Å². The molecule has 0 amide bonds. The molecule has 0 radical (unpaired) electrons. The highest BCUT2D eigenvalue weighted by molar-refractivity contribution is 7.47. The van der Waals surface area contributed by atoms with Crippen LogP contribution >= 0.6 is 15.6 Å². The zero-order valence-electron chi connectivity index (χ0n) is 73.6. The number of ether oxygens (including phenoxy) is 3. The molecule has 668 valence electrons. The third kappa shape index (κ3) is 91.2. The average Bonchev–Trinajstić information content (AvgIpc) is 0.890. The lowest BCUT2D eigenvalue weighted by Crippen LogP contribution is -2.30.